The Bertz CT molecular complexity index is 3290. The van der Waals surface area contributed by atoms with Gasteiger partial charge in [-0.2, -0.15) is 26.3 Å². The number of hydrogen-bond acceptors (Lipinski definition) is 5. The van der Waals surface area contributed by atoms with E-state index in [2.05, 4.69) is 87.5 Å². The summed E-state index contributed by atoms with van der Waals surface area (Å²) >= 11 is 0. The molecule has 14 heteroatoms. The monoisotopic (exact) mass is 1280 g/mol. The number of hydrogen-bond donors (Lipinski definition) is 0. The molecule has 93 heavy (non-hydrogen) atoms. The number of carbonyl (C=O) groups is 1. The van der Waals surface area contributed by atoms with Crippen molar-refractivity contribution in [3.8, 4) is 0 Å². The van der Waals surface area contributed by atoms with Crippen LogP contribution in [0.5, 0.6) is 0 Å². The molecule has 3 saturated carbocycles. The topological polar surface area (TPSA) is 36.0 Å². The molecular weight excluding hydrogens is 1190 g/mol. The van der Waals surface area contributed by atoms with Crippen molar-refractivity contribution in [3.63, 3.8) is 0 Å². The molecule has 3 saturated heterocycles. The number of nitrogens with zero attached hydrogens (tertiary/aromatic N) is 3. The van der Waals surface area contributed by atoms with Crippen LogP contribution in [0.15, 0.2) is 164 Å². The second kappa shape index (κ2) is 26.5. The van der Waals surface area contributed by atoms with Crippen molar-refractivity contribution in [2.75, 3.05) is 54.0 Å². The number of ether oxygens (including phenoxy) is 1. The molecule has 6 fully saturated rings. The van der Waals surface area contributed by atoms with E-state index < -0.39 is 56.9 Å². The fourth-order valence-electron chi connectivity index (χ4n) is 18.5. The number of carbonyl (C=O) groups excluding carboxylic acids is 1. The Morgan fingerprint density at radius 2 is 0.613 bits per heavy atom. The lowest BCUT2D eigenvalue weighted by atomic mass is 9.37. The third-order valence-corrected chi connectivity index (χ3v) is 23.1. The van der Waals surface area contributed by atoms with Gasteiger partial charge in [0.2, 0.25) is 0 Å². The lowest BCUT2D eigenvalue weighted by Crippen LogP contribution is -2.76. The number of benzene rings is 7. The lowest BCUT2D eigenvalue weighted by molar-refractivity contribution is -0.192. The predicted molar refractivity (Wildman–Crippen MR) is 350 cm³/mol. The summed E-state index contributed by atoms with van der Waals surface area (Å²) in [6.07, 6.45) is 5.15. The summed E-state index contributed by atoms with van der Waals surface area (Å²) in [7, 11) is 0. The van der Waals surface area contributed by atoms with Gasteiger partial charge in [0.1, 0.15) is 23.1 Å². The third kappa shape index (κ3) is 12.6. The van der Waals surface area contributed by atoms with E-state index in [-0.39, 0.29) is 41.3 Å². The number of alkyl halides is 6. The van der Waals surface area contributed by atoms with Gasteiger partial charge in [0.15, 0.2) is 0 Å². The van der Waals surface area contributed by atoms with Crippen LogP contribution in [0, 0.1) is 17.5 Å². The van der Waals surface area contributed by atoms with Crippen LogP contribution in [0.4, 0.5) is 56.6 Å². The average molecular weight is 1280 g/mol. The van der Waals surface area contributed by atoms with Crippen LogP contribution in [-0.4, -0.2) is 50.8 Å². The summed E-state index contributed by atoms with van der Waals surface area (Å²) in [4.78, 5) is 23.6. The minimum absolute atomic E-state index is 0.0877. The summed E-state index contributed by atoms with van der Waals surface area (Å²) in [5.41, 5.74) is 0.444. The Balaban J connectivity index is 0.990. The highest BCUT2D eigenvalue weighted by Gasteiger charge is 2.75. The Morgan fingerprint density at radius 1 is 0.355 bits per heavy atom. The maximum atomic E-state index is 16.5. The van der Waals surface area contributed by atoms with E-state index in [1.807, 2.05) is 36.4 Å². The van der Waals surface area contributed by atoms with Crippen LogP contribution in [-0.2, 0) is 33.3 Å². The largest absolute Gasteiger partial charge is 0.453 e. The average Bonchev–Trinajstić information content (AvgIpc) is 0.664. The van der Waals surface area contributed by atoms with Crippen molar-refractivity contribution in [3.05, 3.63) is 231 Å². The van der Waals surface area contributed by atoms with Gasteiger partial charge >= 0.3 is 18.3 Å². The van der Waals surface area contributed by atoms with Gasteiger partial charge in [-0.05, 0) is 219 Å². The van der Waals surface area contributed by atoms with Gasteiger partial charge < -0.3 is 19.4 Å². The van der Waals surface area contributed by atoms with E-state index in [0.717, 1.165) is 186 Å². The smallest absolute Gasteiger partial charge is 0.416 e. The first-order valence-corrected chi connectivity index (χ1v) is 34.2. The summed E-state index contributed by atoms with van der Waals surface area (Å²) in [5.74, 6) is -1.19. The molecule has 0 atom stereocenters. The van der Waals surface area contributed by atoms with Crippen LogP contribution in [0.3, 0.4) is 0 Å². The molecule has 3 heterocycles. The Hall–Kier alpha value is -7.22. The summed E-state index contributed by atoms with van der Waals surface area (Å²) < 4.78 is 141. The maximum Gasteiger partial charge on any atom is 0.416 e. The fraction of sp³-hybridized carbons (Fsp3) is 0.456. The minimum atomic E-state index is -5.22. The van der Waals surface area contributed by atoms with Gasteiger partial charge in [0.05, 0.1) is 16.7 Å². The van der Waals surface area contributed by atoms with Crippen LogP contribution >= 0.6 is 0 Å². The number of esters is 1. The highest BCUT2D eigenvalue weighted by atomic mass is 19.4. The first-order valence-electron chi connectivity index (χ1n) is 34.2. The van der Waals surface area contributed by atoms with Crippen molar-refractivity contribution in [2.45, 2.75) is 187 Å². The predicted octanol–water partition coefficient (Wildman–Crippen LogP) is 20.9. The molecule has 0 bridgehead atoms. The first kappa shape index (κ1) is 64.5. The van der Waals surface area contributed by atoms with Gasteiger partial charge in [-0.1, -0.05) is 131 Å². The molecule has 0 N–H and O–H groups in total. The van der Waals surface area contributed by atoms with E-state index in [0.29, 0.717) is 50.7 Å². The van der Waals surface area contributed by atoms with E-state index in [1.54, 1.807) is 0 Å². The van der Waals surface area contributed by atoms with Gasteiger partial charge in [-0.3, -0.25) is 0 Å². The molecular formula is C79H84F9N3O2. The summed E-state index contributed by atoms with van der Waals surface area (Å²) in [6, 6.07) is 47.8. The highest BCUT2D eigenvalue weighted by Crippen LogP contribution is 2.70. The second-order valence-corrected chi connectivity index (χ2v) is 27.9. The zero-order valence-corrected chi connectivity index (χ0v) is 53.0. The Morgan fingerprint density at radius 3 is 0.860 bits per heavy atom. The zero-order valence-electron chi connectivity index (χ0n) is 53.0. The zero-order chi connectivity index (χ0) is 64.6. The normalized spacial score (nSPS) is 20.3. The number of piperidine rings is 3. The van der Waals surface area contributed by atoms with Crippen molar-refractivity contribution in [1.82, 2.24) is 0 Å². The molecule has 0 radical (unpaired) electrons. The molecule has 7 aromatic rings. The molecule has 7 aromatic carbocycles. The molecule has 5 nitrogen and oxygen atoms in total. The summed E-state index contributed by atoms with van der Waals surface area (Å²) in [6.45, 7) is 4.59. The van der Waals surface area contributed by atoms with Crippen molar-refractivity contribution >= 4 is 23.0 Å². The van der Waals surface area contributed by atoms with Crippen LogP contribution < -0.4 is 14.7 Å². The van der Waals surface area contributed by atoms with Gasteiger partial charge in [-0.15, -0.1) is 0 Å². The van der Waals surface area contributed by atoms with Crippen LogP contribution in [0.2, 0.25) is 0 Å². The Kier molecular flexibility index (Phi) is 18.4. The SMILES string of the molecule is O=C(OC(C1(c2ccc(N3CCC(c4ccc(F)cc4)CC3)cc2)CCCCC1)(C1(c2ccc(N3CCC(c4ccc(F)cc4)CC3)cc2)CCCCC1)C1(c2ccc(N3CCC(c4ccc(F)cc4)CC3)cc2)CCCCC1)c1cc(C(F)(F)F)cc(C(F)(F)F)c1. The van der Waals surface area contributed by atoms with Crippen molar-refractivity contribution < 1.29 is 49.0 Å². The molecule has 3 aliphatic carbocycles. The number of halogens is 9. The first-order chi connectivity index (χ1) is 44.9. The minimum Gasteiger partial charge on any atom is -0.453 e. The number of rotatable bonds is 14. The molecule has 6 aliphatic rings. The van der Waals surface area contributed by atoms with Gasteiger partial charge in [-0.25, -0.2) is 18.0 Å². The molecule has 0 unspecified atom stereocenters. The summed E-state index contributed by atoms with van der Waals surface area (Å²) in [5, 5.41) is 0. The molecule has 0 aromatic heterocycles. The van der Waals surface area contributed by atoms with Crippen molar-refractivity contribution in [2.24, 2.45) is 0 Å². The standard InChI is InChI=1S/C79H84F9N3O2/c80-67-22-10-55(11-23-67)58-34-46-89(47-35-58)70-28-16-62(17-29-70)74(40-4-1-5-41-74)79(93-73(92)61-52-65(77(83,84)85)54-66(53-61)78(86,87)88,75(42-6-2-7-43-75)63-18-30-71(31-19-63)90-48-36-59(37-49-90)56-12-24-68(81)25-13-56)76(44-8-3-9-45-76)64-20-32-72(33-21-64)91-50-38-60(39-51-91)57-14-26-69(82)27-15-57/h10-33,52-54,58-60H,1-9,34-51H2. The molecule has 13 rings (SSSR count). The molecule has 490 valence electrons. The maximum absolute atomic E-state index is 16.5. The van der Waals surface area contributed by atoms with E-state index >= 15 is 31.1 Å². The van der Waals surface area contributed by atoms with Gasteiger partial charge in [0.25, 0.3) is 0 Å². The van der Waals surface area contributed by atoms with E-state index in [9.17, 15) is 13.2 Å². The third-order valence-electron chi connectivity index (χ3n) is 23.1. The Labute approximate surface area is 541 Å². The van der Waals surface area contributed by atoms with Crippen LogP contribution in [0.25, 0.3) is 0 Å². The molecule has 0 amide bonds. The quantitative estimate of drug-likeness (QED) is 0.0801. The van der Waals surface area contributed by atoms with Gasteiger partial charge in [0, 0.05) is 72.6 Å². The van der Waals surface area contributed by atoms with E-state index in [4.69, 9.17) is 4.74 Å². The van der Waals surface area contributed by atoms with E-state index in [1.165, 1.54) is 36.4 Å². The van der Waals surface area contributed by atoms with Crippen molar-refractivity contribution in [1.29, 1.82) is 0 Å². The van der Waals surface area contributed by atoms with Crippen LogP contribution in [0.1, 0.15) is 207 Å². The highest BCUT2D eigenvalue weighted by molar-refractivity contribution is 5.91. The fourth-order valence-corrected chi connectivity index (χ4v) is 18.5. The second-order valence-electron chi connectivity index (χ2n) is 27.9. The lowest BCUT2D eigenvalue weighted by Gasteiger charge is -2.69. The molecule has 3 aliphatic heterocycles. The molecule has 0 spiro atoms. The number of anilines is 3.